The van der Waals surface area contributed by atoms with Crippen LogP contribution in [0.2, 0.25) is 0 Å². The Labute approximate surface area is 537 Å². The Morgan fingerprint density at radius 1 is 0.318 bits per heavy atom. The fourth-order valence-electron chi connectivity index (χ4n) is 10.4. The number of hydrogen-bond acceptors (Lipinski definition) is 15. The summed E-state index contributed by atoms with van der Waals surface area (Å²) in [5.41, 5.74) is 0. The number of phosphoric acid groups is 2. The van der Waals surface area contributed by atoms with Gasteiger partial charge >= 0.3 is 39.5 Å². The zero-order valence-electron chi connectivity index (χ0n) is 56.9. The Hall–Kier alpha value is -1.94. The van der Waals surface area contributed by atoms with Crippen molar-refractivity contribution in [1.82, 2.24) is 0 Å². The lowest BCUT2D eigenvalue weighted by Crippen LogP contribution is -2.30. The smallest absolute Gasteiger partial charge is 0.462 e. The van der Waals surface area contributed by atoms with Crippen molar-refractivity contribution in [2.45, 2.75) is 374 Å². The molecule has 0 rings (SSSR count). The lowest BCUT2D eigenvalue weighted by Gasteiger charge is -2.21. The summed E-state index contributed by atoms with van der Waals surface area (Å²) in [4.78, 5) is 72.2. The van der Waals surface area contributed by atoms with E-state index in [4.69, 9.17) is 37.0 Å². The first kappa shape index (κ1) is 86.1. The topological polar surface area (TPSA) is 237 Å². The van der Waals surface area contributed by atoms with Crippen LogP contribution < -0.4 is 0 Å². The molecule has 0 heterocycles. The zero-order chi connectivity index (χ0) is 64.9. The van der Waals surface area contributed by atoms with Gasteiger partial charge in [0.1, 0.15) is 19.3 Å². The Kier molecular flexibility index (Phi) is 61.1. The third-order valence-electron chi connectivity index (χ3n) is 16.4. The molecule has 0 aromatic rings. The van der Waals surface area contributed by atoms with Crippen LogP contribution in [0.25, 0.3) is 0 Å². The maximum absolute atomic E-state index is 13.0. The van der Waals surface area contributed by atoms with Gasteiger partial charge in [-0.3, -0.25) is 37.3 Å². The highest BCUT2D eigenvalue weighted by molar-refractivity contribution is 7.47. The average molecular weight is 1300 g/mol. The van der Waals surface area contributed by atoms with Crippen molar-refractivity contribution in [3.8, 4) is 0 Å². The summed E-state index contributed by atoms with van der Waals surface area (Å²) in [6, 6.07) is 0. The van der Waals surface area contributed by atoms with Crippen LogP contribution in [0.15, 0.2) is 0 Å². The first-order chi connectivity index (χ1) is 42.6. The number of aliphatic hydroxyl groups excluding tert-OH is 1. The normalized spacial score (nSPS) is 14.4. The SMILES string of the molecule is CCCCCCCCCCCCCCCCCCCCC(=O)O[C@H](COC(=O)CCCCCCCCCCCCC(C)CC)COP(=O)(O)OC[C@@H](O)COP(=O)(O)OC[C@@H](COC(=O)CCCCCCC)OC(=O)CCCCCCCCCCCCC. The standard InChI is InChI=1S/C69H134O17P2/c1-6-10-13-16-18-20-22-23-24-25-26-27-28-30-36-40-45-50-55-69(74)86-65(59-80-67(72)53-48-43-38-34-32-31-33-37-42-46-51-62(5)9-4)61-84-88(77,78)82-57-63(70)56-81-87(75,76)83-60-64(58-79-66(71)52-47-41-15-12-8-3)85-68(73)54-49-44-39-35-29-21-19-17-14-11-7-2/h62-65,70H,6-61H2,1-5H3,(H,75,76)(H,77,78)/t62?,63-,64+,65+/m0/s1. The van der Waals surface area contributed by atoms with Crippen LogP contribution in [0.4, 0.5) is 0 Å². The molecular weight excluding hydrogens is 1160 g/mol. The molecule has 0 aliphatic rings. The van der Waals surface area contributed by atoms with Crippen LogP contribution in [0.1, 0.15) is 356 Å². The minimum Gasteiger partial charge on any atom is -0.462 e. The molecule has 19 heteroatoms. The molecule has 3 N–H and O–H groups in total. The van der Waals surface area contributed by atoms with Crippen molar-refractivity contribution >= 4 is 39.5 Å². The van der Waals surface area contributed by atoms with E-state index in [-0.39, 0.29) is 25.7 Å². The number of aliphatic hydroxyl groups is 1. The number of carbonyl (C=O) groups is 4. The van der Waals surface area contributed by atoms with Gasteiger partial charge in [0.15, 0.2) is 12.2 Å². The Balaban J connectivity index is 5.15. The summed E-state index contributed by atoms with van der Waals surface area (Å²) in [5.74, 6) is -1.32. The third kappa shape index (κ3) is 61.6. The minimum atomic E-state index is -4.95. The predicted molar refractivity (Wildman–Crippen MR) is 354 cm³/mol. The van der Waals surface area contributed by atoms with Gasteiger partial charge in [-0.2, -0.15) is 0 Å². The van der Waals surface area contributed by atoms with Crippen LogP contribution in [0.5, 0.6) is 0 Å². The van der Waals surface area contributed by atoms with Gasteiger partial charge in [-0.1, -0.05) is 304 Å². The molecule has 6 atom stereocenters. The van der Waals surface area contributed by atoms with Crippen LogP contribution in [0.3, 0.4) is 0 Å². The molecule has 0 aromatic carbocycles. The summed E-state index contributed by atoms with van der Waals surface area (Å²) >= 11 is 0. The number of esters is 4. The highest BCUT2D eigenvalue weighted by Gasteiger charge is 2.30. The van der Waals surface area contributed by atoms with E-state index in [1.165, 1.54) is 173 Å². The number of unbranched alkanes of at least 4 members (excludes halogenated alkanes) is 40. The van der Waals surface area contributed by atoms with Gasteiger partial charge in [0.05, 0.1) is 26.4 Å². The lowest BCUT2D eigenvalue weighted by atomic mass is 9.99. The molecule has 0 saturated heterocycles. The molecule has 0 amide bonds. The van der Waals surface area contributed by atoms with E-state index in [1.807, 2.05) is 0 Å². The first-order valence-electron chi connectivity index (χ1n) is 36.2. The summed E-state index contributed by atoms with van der Waals surface area (Å²) < 4.78 is 68.0. The van der Waals surface area contributed by atoms with Crippen LogP contribution in [-0.4, -0.2) is 96.7 Å². The summed E-state index contributed by atoms with van der Waals surface area (Å²) in [5, 5.41) is 10.5. The maximum atomic E-state index is 13.0. The molecule has 3 unspecified atom stereocenters. The monoisotopic (exact) mass is 1300 g/mol. The fraction of sp³-hybridized carbons (Fsp3) is 0.942. The Morgan fingerprint density at radius 3 is 0.807 bits per heavy atom. The summed E-state index contributed by atoms with van der Waals surface area (Å²) in [6.07, 6.45) is 48.9. The van der Waals surface area contributed by atoms with Gasteiger partial charge in [0.25, 0.3) is 0 Å². The van der Waals surface area contributed by atoms with E-state index in [1.54, 1.807) is 0 Å². The maximum Gasteiger partial charge on any atom is 0.472 e. The van der Waals surface area contributed by atoms with Gasteiger partial charge in [-0.05, 0) is 31.6 Å². The highest BCUT2D eigenvalue weighted by atomic mass is 31.2. The second-order valence-electron chi connectivity index (χ2n) is 25.2. The van der Waals surface area contributed by atoms with Crippen molar-refractivity contribution in [3.05, 3.63) is 0 Å². The average Bonchev–Trinajstić information content (AvgIpc) is 3.65. The number of hydrogen-bond donors (Lipinski definition) is 3. The molecular formula is C69H134O17P2. The number of rotatable bonds is 69. The van der Waals surface area contributed by atoms with E-state index < -0.39 is 97.5 Å². The van der Waals surface area contributed by atoms with Crippen molar-refractivity contribution in [2.24, 2.45) is 5.92 Å². The van der Waals surface area contributed by atoms with E-state index in [2.05, 4.69) is 34.6 Å². The van der Waals surface area contributed by atoms with Crippen molar-refractivity contribution in [3.63, 3.8) is 0 Å². The van der Waals surface area contributed by atoms with E-state index in [0.717, 1.165) is 102 Å². The molecule has 0 aromatic heterocycles. The van der Waals surface area contributed by atoms with Gasteiger partial charge in [0.2, 0.25) is 0 Å². The number of carbonyl (C=O) groups excluding carboxylic acids is 4. The molecule has 17 nitrogen and oxygen atoms in total. The fourth-order valence-corrected chi connectivity index (χ4v) is 12.0. The van der Waals surface area contributed by atoms with E-state index in [0.29, 0.717) is 25.7 Å². The van der Waals surface area contributed by atoms with Crippen LogP contribution in [-0.2, 0) is 65.4 Å². The molecule has 0 aliphatic heterocycles. The molecule has 0 bridgehead atoms. The predicted octanol–water partition coefficient (Wildman–Crippen LogP) is 19.7. The Morgan fingerprint density at radius 2 is 0.545 bits per heavy atom. The molecule has 88 heavy (non-hydrogen) atoms. The van der Waals surface area contributed by atoms with Crippen molar-refractivity contribution in [1.29, 1.82) is 0 Å². The van der Waals surface area contributed by atoms with Gasteiger partial charge in [0, 0.05) is 25.7 Å². The van der Waals surface area contributed by atoms with E-state index >= 15 is 0 Å². The third-order valence-corrected chi connectivity index (χ3v) is 18.3. The second-order valence-corrected chi connectivity index (χ2v) is 28.1. The van der Waals surface area contributed by atoms with Crippen LogP contribution in [0, 0.1) is 5.92 Å². The summed E-state index contributed by atoms with van der Waals surface area (Å²) in [6.45, 7) is 7.18. The minimum absolute atomic E-state index is 0.106. The first-order valence-corrected chi connectivity index (χ1v) is 39.2. The largest absolute Gasteiger partial charge is 0.472 e. The van der Waals surface area contributed by atoms with Gasteiger partial charge < -0.3 is 33.8 Å². The number of ether oxygens (including phenoxy) is 4. The van der Waals surface area contributed by atoms with Crippen LogP contribution >= 0.6 is 15.6 Å². The molecule has 522 valence electrons. The highest BCUT2D eigenvalue weighted by Crippen LogP contribution is 2.45. The zero-order valence-corrected chi connectivity index (χ0v) is 58.6. The molecule has 0 fully saturated rings. The van der Waals surface area contributed by atoms with Gasteiger partial charge in [-0.25, -0.2) is 9.13 Å². The Bertz CT molecular complexity index is 1710. The molecule has 0 radical (unpaired) electrons. The number of phosphoric ester groups is 2. The summed E-state index contributed by atoms with van der Waals surface area (Å²) in [7, 11) is -9.89. The van der Waals surface area contributed by atoms with Crippen molar-refractivity contribution in [2.75, 3.05) is 39.6 Å². The quantitative estimate of drug-likeness (QED) is 0.0222. The molecule has 0 spiro atoms. The second kappa shape index (κ2) is 62.5. The van der Waals surface area contributed by atoms with Crippen molar-refractivity contribution < 1.29 is 80.2 Å². The van der Waals surface area contributed by atoms with E-state index in [9.17, 15) is 43.2 Å². The lowest BCUT2D eigenvalue weighted by molar-refractivity contribution is -0.161. The van der Waals surface area contributed by atoms with Gasteiger partial charge in [-0.15, -0.1) is 0 Å². The molecule has 0 saturated carbocycles. The molecule has 0 aliphatic carbocycles.